The number of rotatable bonds is 5. The fraction of sp³-hybridized carbons (Fsp3) is 0.714. The van der Waals surface area contributed by atoms with Gasteiger partial charge in [0.15, 0.2) is 6.23 Å². The maximum atomic E-state index is 11.7. The number of carbonyl (C=O) groups is 1. The molecule has 1 rings (SSSR count). The van der Waals surface area contributed by atoms with E-state index in [1.807, 2.05) is 38.7 Å². The maximum Gasteiger partial charge on any atom is 0.220 e. The third-order valence-corrected chi connectivity index (χ3v) is 2.70. The van der Waals surface area contributed by atoms with E-state index in [4.69, 9.17) is 4.74 Å². The van der Waals surface area contributed by atoms with Crippen molar-refractivity contribution >= 4 is 12.2 Å². The molecule has 1 heterocycles. The third-order valence-electron chi connectivity index (χ3n) is 2.70. The van der Waals surface area contributed by atoms with Crippen molar-refractivity contribution in [2.45, 2.75) is 52.3 Å². The monoisotopic (exact) mass is 267 g/mol. The molecule has 1 unspecified atom stereocenters. The lowest BCUT2D eigenvalue weighted by Gasteiger charge is -2.29. The van der Waals surface area contributed by atoms with E-state index in [0.717, 1.165) is 18.7 Å². The molecule has 0 aromatic heterocycles. The largest absolute Gasteiger partial charge is 0.358 e. The van der Waals surface area contributed by atoms with Crippen LogP contribution in [0.2, 0.25) is 0 Å². The third kappa shape index (κ3) is 5.87. The minimum Gasteiger partial charge on any atom is -0.358 e. The molecule has 0 aromatic carbocycles. The van der Waals surface area contributed by atoms with Crippen LogP contribution in [-0.2, 0) is 9.53 Å². The predicted octanol–water partition coefficient (Wildman–Crippen LogP) is 1.90. The Morgan fingerprint density at radius 3 is 2.79 bits per heavy atom. The lowest BCUT2D eigenvalue weighted by Crippen LogP contribution is -2.41. The van der Waals surface area contributed by atoms with Gasteiger partial charge in [-0.15, -0.1) is 0 Å². The van der Waals surface area contributed by atoms with Crippen LogP contribution in [0.4, 0.5) is 0 Å². The fourth-order valence-electron chi connectivity index (χ4n) is 1.87. The summed E-state index contributed by atoms with van der Waals surface area (Å²) < 4.78 is 5.37. The molecule has 0 aliphatic carbocycles. The lowest BCUT2D eigenvalue weighted by molar-refractivity contribution is -0.122. The van der Waals surface area contributed by atoms with Gasteiger partial charge in [-0.1, -0.05) is 0 Å². The zero-order valence-electron chi connectivity index (χ0n) is 12.6. The van der Waals surface area contributed by atoms with Gasteiger partial charge in [0.05, 0.1) is 6.34 Å². The second-order valence-electron chi connectivity index (χ2n) is 5.82. The topological polar surface area (TPSA) is 53.9 Å². The molecular weight excluding hydrogens is 242 g/mol. The van der Waals surface area contributed by atoms with Crippen LogP contribution in [0.15, 0.2) is 16.8 Å². The lowest BCUT2D eigenvalue weighted by atomic mass is 10.1. The molecule has 1 aliphatic rings. The summed E-state index contributed by atoms with van der Waals surface area (Å²) in [6, 6.07) is 0. The highest BCUT2D eigenvalue weighted by Gasteiger charge is 2.17. The number of carbonyl (C=O) groups excluding carboxylic acids is 1. The molecule has 5 nitrogen and oxygen atoms in total. The van der Waals surface area contributed by atoms with Crippen molar-refractivity contribution in [3.63, 3.8) is 0 Å². The van der Waals surface area contributed by atoms with E-state index in [1.54, 1.807) is 13.4 Å². The Balaban J connectivity index is 2.33. The number of methoxy groups -OCH3 is 1. The van der Waals surface area contributed by atoms with Gasteiger partial charge in [-0.3, -0.25) is 4.79 Å². The van der Waals surface area contributed by atoms with Crippen LogP contribution in [0, 0.1) is 0 Å². The first kappa shape index (κ1) is 15.7. The van der Waals surface area contributed by atoms with Crippen LogP contribution in [0.1, 0.15) is 40.5 Å². The molecule has 0 spiro atoms. The molecule has 19 heavy (non-hydrogen) atoms. The molecule has 1 N–H and O–H groups in total. The fourth-order valence-corrected chi connectivity index (χ4v) is 1.87. The number of allylic oxidation sites excluding steroid dienone is 1. The number of amides is 1. The molecule has 0 saturated carbocycles. The van der Waals surface area contributed by atoms with E-state index in [0.29, 0.717) is 6.42 Å². The van der Waals surface area contributed by atoms with Crippen LogP contribution in [0.3, 0.4) is 0 Å². The number of hydrogen-bond donors (Lipinski definition) is 1. The van der Waals surface area contributed by atoms with Crippen molar-refractivity contribution in [3.8, 4) is 0 Å². The van der Waals surface area contributed by atoms with Crippen molar-refractivity contribution in [2.75, 3.05) is 13.7 Å². The van der Waals surface area contributed by atoms with Crippen LogP contribution in [0.5, 0.6) is 0 Å². The van der Waals surface area contributed by atoms with Crippen molar-refractivity contribution in [3.05, 3.63) is 11.8 Å². The van der Waals surface area contributed by atoms with Gasteiger partial charge >= 0.3 is 0 Å². The second kappa shape index (κ2) is 6.70. The van der Waals surface area contributed by atoms with Gasteiger partial charge in [-0.05, 0) is 40.2 Å². The molecule has 1 atom stereocenters. The van der Waals surface area contributed by atoms with Gasteiger partial charge in [-0.2, -0.15) is 0 Å². The number of nitrogens with one attached hydrogen (secondary N) is 1. The summed E-state index contributed by atoms with van der Waals surface area (Å²) in [6.07, 6.45) is 4.96. The maximum absolute atomic E-state index is 11.7. The summed E-state index contributed by atoms with van der Waals surface area (Å²) in [5.41, 5.74) is 0.784. The van der Waals surface area contributed by atoms with Crippen LogP contribution in [0.25, 0.3) is 0 Å². The molecular formula is C14H25N3O2. The smallest absolute Gasteiger partial charge is 0.220 e. The molecule has 0 bridgehead atoms. The highest BCUT2D eigenvalue weighted by atomic mass is 16.5. The predicted molar refractivity (Wildman–Crippen MR) is 76.9 cm³/mol. The molecule has 1 aliphatic heterocycles. The van der Waals surface area contributed by atoms with Crippen LogP contribution >= 0.6 is 0 Å². The zero-order valence-corrected chi connectivity index (χ0v) is 12.6. The van der Waals surface area contributed by atoms with Crippen LogP contribution < -0.4 is 5.32 Å². The Morgan fingerprint density at radius 2 is 2.21 bits per heavy atom. The number of nitrogens with zero attached hydrogens (tertiary/aromatic N) is 2. The van der Waals surface area contributed by atoms with E-state index < -0.39 is 0 Å². The van der Waals surface area contributed by atoms with Gasteiger partial charge in [0, 0.05) is 31.3 Å². The van der Waals surface area contributed by atoms with E-state index in [2.05, 4.69) is 10.3 Å². The first-order valence-electron chi connectivity index (χ1n) is 6.64. The minimum absolute atomic E-state index is 0.0804. The number of ether oxygens (including phenoxy) is 1. The standard InChI is InChI=1S/C14H25N3O2/c1-11-9-13(19-5)17(10-15-11)8-6-7-12(18)16-14(2,3)4/h9-10,13H,6-8H2,1-5H3,(H,16,18). The summed E-state index contributed by atoms with van der Waals surface area (Å²) in [5.74, 6) is 0.0853. The Hall–Kier alpha value is -1.36. The average molecular weight is 267 g/mol. The normalized spacial score (nSPS) is 19.3. The van der Waals surface area contributed by atoms with E-state index in [9.17, 15) is 4.79 Å². The molecule has 0 saturated heterocycles. The van der Waals surface area contributed by atoms with Gasteiger partial charge in [-0.25, -0.2) is 4.99 Å². The van der Waals surface area contributed by atoms with E-state index in [1.165, 1.54) is 0 Å². The highest BCUT2D eigenvalue weighted by molar-refractivity contribution is 5.76. The van der Waals surface area contributed by atoms with Gasteiger partial charge in [0.2, 0.25) is 5.91 Å². The summed E-state index contributed by atoms with van der Waals surface area (Å²) in [7, 11) is 1.67. The SMILES string of the molecule is COC1C=C(C)N=CN1CCCC(=O)NC(C)(C)C. The Labute approximate surface area is 115 Å². The van der Waals surface area contributed by atoms with Crippen molar-refractivity contribution in [1.29, 1.82) is 0 Å². The summed E-state index contributed by atoms with van der Waals surface area (Å²) in [5, 5.41) is 2.95. The second-order valence-corrected chi connectivity index (χ2v) is 5.82. The molecule has 5 heteroatoms. The molecule has 0 aromatic rings. The minimum atomic E-state index is -0.168. The van der Waals surface area contributed by atoms with Gasteiger partial charge < -0.3 is 15.0 Å². The summed E-state index contributed by atoms with van der Waals surface area (Å²) >= 11 is 0. The zero-order chi connectivity index (χ0) is 14.5. The van der Waals surface area contributed by atoms with Gasteiger partial charge in [0.25, 0.3) is 0 Å². The Morgan fingerprint density at radius 1 is 1.53 bits per heavy atom. The molecule has 108 valence electrons. The number of aliphatic imine (C=N–C) groups is 1. The first-order chi connectivity index (χ1) is 8.81. The molecule has 0 fully saturated rings. The van der Waals surface area contributed by atoms with Crippen LogP contribution in [-0.4, -0.2) is 42.6 Å². The van der Waals surface area contributed by atoms with E-state index in [-0.39, 0.29) is 17.7 Å². The Kier molecular flexibility index (Phi) is 5.54. The quantitative estimate of drug-likeness (QED) is 0.827. The van der Waals surface area contributed by atoms with Gasteiger partial charge in [0.1, 0.15) is 0 Å². The average Bonchev–Trinajstić information content (AvgIpc) is 2.28. The van der Waals surface area contributed by atoms with Crippen molar-refractivity contribution in [2.24, 2.45) is 4.99 Å². The Bertz CT molecular complexity index is 369. The molecule has 1 amide bonds. The summed E-state index contributed by atoms with van der Waals surface area (Å²) in [4.78, 5) is 17.9. The van der Waals surface area contributed by atoms with E-state index >= 15 is 0 Å². The number of hydrogen-bond acceptors (Lipinski definition) is 4. The van der Waals surface area contributed by atoms with Crippen molar-refractivity contribution in [1.82, 2.24) is 10.2 Å². The summed E-state index contributed by atoms with van der Waals surface area (Å²) in [6.45, 7) is 8.64. The molecule has 0 radical (unpaired) electrons. The first-order valence-corrected chi connectivity index (χ1v) is 6.64. The highest BCUT2D eigenvalue weighted by Crippen LogP contribution is 2.11. The van der Waals surface area contributed by atoms with Crippen molar-refractivity contribution < 1.29 is 9.53 Å².